The summed E-state index contributed by atoms with van der Waals surface area (Å²) in [6.07, 6.45) is 3.65. The lowest BCUT2D eigenvalue weighted by atomic mass is 10.2. The predicted molar refractivity (Wildman–Crippen MR) is 89.0 cm³/mol. The molecule has 0 fully saturated rings. The van der Waals surface area contributed by atoms with Crippen molar-refractivity contribution in [1.82, 2.24) is 19.7 Å². The third-order valence-electron chi connectivity index (χ3n) is 3.36. The molecule has 3 aromatic rings. The maximum absolute atomic E-state index is 12.4. The van der Waals surface area contributed by atoms with Crippen LogP contribution in [0.1, 0.15) is 12.5 Å². The number of hydrogen-bond donors (Lipinski definition) is 1. The van der Waals surface area contributed by atoms with Crippen LogP contribution >= 0.6 is 0 Å². The van der Waals surface area contributed by atoms with Crippen LogP contribution in [0, 0.1) is 11.3 Å². The maximum atomic E-state index is 12.4. The topological polar surface area (TPSA) is 106 Å². The van der Waals surface area contributed by atoms with E-state index in [0.717, 1.165) is 0 Å². The van der Waals surface area contributed by atoms with Crippen molar-refractivity contribution in [2.45, 2.75) is 13.0 Å². The molecule has 8 nitrogen and oxygen atoms in total. The first-order valence-electron chi connectivity index (χ1n) is 7.45. The van der Waals surface area contributed by atoms with E-state index in [1.54, 1.807) is 49.5 Å². The molecule has 0 aliphatic heterocycles. The number of amides is 1. The fraction of sp³-hybridized carbons (Fsp3) is 0.118. The third kappa shape index (κ3) is 3.61. The zero-order valence-electron chi connectivity index (χ0n) is 13.3. The largest absolute Gasteiger partial charge is 0.480 e. The number of carbonyl (C=O) groups excluding carboxylic acids is 1. The average molecular weight is 334 g/mol. The molecule has 124 valence electrons. The van der Waals surface area contributed by atoms with Gasteiger partial charge in [-0.15, -0.1) is 0 Å². The summed E-state index contributed by atoms with van der Waals surface area (Å²) >= 11 is 0. The Morgan fingerprint density at radius 2 is 2.16 bits per heavy atom. The molecule has 25 heavy (non-hydrogen) atoms. The van der Waals surface area contributed by atoms with Gasteiger partial charge in [-0.2, -0.15) is 10.4 Å². The first-order chi connectivity index (χ1) is 12.2. The van der Waals surface area contributed by atoms with Gasteiger partial charge >= 0.3 is 0 Å². The van der Waals surface area contributed by atoms with Crippen molar-refractivity contribution >= 4 is 11.6 Å². The van der Waals surface area contributed by atoms with E-state index in [2.05, 4.69) is 20.4 Å². The van der Waals surface area contributed by atoms with Crippen molar-refractivity contribution in [2.24, 2.45) is 0 Å². The summed E-state index contributed by atoms with van der Waals surface area (Å²) < 4.78 is 7.06. The first-order valence-corrected chi connectivity index (χ1v) is 7.45. The fourth-order valence-electron chi connectivity index (χ4n) is 2.13. The molecule has 0 bridgehead atoms. The Balaban J connectivity index is 1.76. The Morgan fingerprint density at radius 1 is 1.32 bits per heavy atom. The van der Waals surface area contributed by atoms with E-state index < -0.39 is 6.10 Å². The summed E-state index contributed by atoms with van der Waals surface area (Å²) in [5, 5.41) is 15.9. The number of para-hydroxylation sites is 1. The molecule has 2 heterocycles. The van der Waals surface area contributed by atoms with Gasteiger partial charge in [0.05, 0.1) is 11.3 Å². The van der Waals surface area contributed by atoms with Gasteiger partial charge in [-0.1, -0.05) is 12.1 Å². The Bertz CT molecular complexity index is 917. The highest BCUT2D eigenvalue weighted by molar-refractivity contribution is 5.95. The number of carbonyl (C=O) groups is 1. The number of aromatic nitrogens is 4. The van der Waals surface area contributed by atoms with Gasteiger partial charge < -0.3 is 10.1 Å². The third-order valence-corrected chi connectivity index (χ3v) is 3.36. The second kappa shape index (κ2) is 7.23. The fourth-order valence-corrected chi connectivity index (χ4v) is 2.13. The number of nitrogens with zero attached hydrogens (tertiary/aromatic N) is 5. The minimum Gasteiger partial charge on any atom is -0.480 e. The summed E-state index contributed by atoms with van der Waals surface area (Å²) in [6, 6.07) is 12.2. The number of benzene rings is 1. The molecule has 0 aliphatic carbocycles. The van der Waals surface area contributed by atoms with Crippen LogP contribution in [0.15, 0.2) is 55.2 Å². The molecule has 0 spiro atoms. The van der Waals surface area contributed by atoms with E-state index in [9.17, 15) is 4.79 Å². The normalized spacial score (nSPS) is 11.4. The van der Waals surface area contributed by atoms with Crippen LogP contribution in [0.5, 0.6) is 5.75 Å². The highest BCUT2D eigenvalue weighted by atomic mass is 16.5. The Kier molecular flexibility index (Phi) is 4.67. The van der Waals surface area contributed by atoms with Gasteiger partial charge in [-0.05, 0) is 31.2 Å². The van der Waals surface area contributed by atoms with Gasteiger partial charge in [0, 0.05) is 6.20 Å². The zero-order valence-corrected chi connectivity index (χ0v) is 13.3. The number of anilines is 1. The van der Waals surface area contributed by atoms with Crippen LogP contribution < -0.4 is 10.1 Å². The van der Waals surface area contributed by atoms with Crippen LogP contribution in [0.3, 0.4) is 0 Å². The number of rotatable bonds is 5. The minimum atomic E-state index is -0.807. The Hall–Kier alpha value is -3.73. The Labute approximate surface area is 143 Å². The van der Waals surface area contributed by atoms with E-state index in [4.69, 9.17) is 10.00 Å². The molecule has 2 aromatic heterocycles. The lowest BCUT2D eigenvalue weighted by Gasteiger charge is -2.16. The lowest BCUT2D eigenvalue weighted by Crippen LogP contribution is -2.30. The van der Waals surface area contributed by atoms with E-state index in [1.165, 1.54) is 17.3 Å². The molecule has 1 amide bonds. The average Bonchev–Trinajstić information content (AvgIpc) is 3.17. The van der Waals surface area contributed by atoms with E-state index >= 15 is 0 Å². The number of ether oxygens (including phenoxy) is 1. The Morgan fingerprint density at radius 3 is 2.92 bits per heavy atom. The summed E-state index contributed by atoms with van der Waals surface area (Å²) in [6.45, 7) is 1.61. The number of nitriles is 1. The monoisotopic (exact) mass is 334 g/mol. The highest BCUT2D eigenvalue weighted by Crippen LogP contribution is 2.20. The summed E-state index contributed by atoms with van der Waals surface area (Å²) in [5.74, 6) is 0.426. The zero-order chi connectivity index (χ0) is 17.6. The second-order valence-electron chi connectivity index (χ2n) is 5.07. The number of hydrogen-bond acceptors (Lipinski definition) is 6. The van der Waals surface area contributed by atoms with Crippen LogP contribution in [0.25, 0.3) is 5.82 Å². The molecule has 0 saturated heterocycles. The van der Waals surface area contributed by atoms with Gasteiger partial charge in [0.25, 0.3) is 5.91 Å². The smallest absolute Gasteiger partial charge is 0.265 e. The van der Waals surface area contributed by atoms with E-state index in [0.29, 0.717) is 22.8 Å². The molecule has 1 unspecified atom stereocenters. The molecule has 8 heteroatoms. The summed E-state index contributed by atoms with van der Waals surface area (Å²) in [7, 11) is 0. The molecular weight excluding hydrogens is 320 g/mol. The molecule has 1 aromatic carbocycles. The summed E-state index contributed by atoms with van der Waals surface area (Å²) in [4.78, 5) is 20.5. The molecule has 1 N–H and O–H groups in total. The van der Waals surface area contributed by atoms with Crippen LogP contribution in [0.4, 0.5) is 5.69 Å². The first kappa shape index (κ1) is 16.1. The van der Waals surface area contributed by atoms with Gasteiger partial charge in [-0.25, -0.2) is 14.6 Å². The van der Waals surface area contributed by atoms with Crippen LogP contribution in [0.2, 0.25) is 0 Å². The minimum absolute atomic E-state index is 0.357. The van der Waals surface area contributed by atoms with Crippen LogP contribution in [-0.4, -0.2) is 31.8 Å². The summed E-state index contributed by atoms with van der Waals surface area (Å²) in [5.41, 5.74) is 0.842. The molecular formula is C17H14N6O2. The molecule has 0 aliphatic rings. The maximum Gasteiger partial charge on any atom is 0.265 e. The van der Waals surface area contributed by atoms with Gasteiger partial charge in [-0.3, -0.25) is 4.79 Å². The standard InChI is InChI=1S/C17H14N6O2/c1-12(25-15-7-3-2-5-13(15)9-18)17(24)22-14-6-4-8-20-16(14)23-11-19-10-21-23/h2-8,10-12H,1H3,(H,22,24). The van der Waals surface area contributed by atoms with Gasteiger partial charge in [0.2, 0.25) is 0 Å². The van der Waals surface area contributed by atoms with Crippen molar-refractivity contribution < 1.29 is 9.53 Å². The molecule has 0 radical (unpaired) electrons. The van der Waals surface area contributed by atoms with Crippen molar-refractivity contribution in [2.75, 3.05) is 5.32 Å². The molecule has 0 saturated carbocycles. The SMILES string of the molecule is CC(Oc1ccccc1C#N)C(=O)Nc1cccnc1-n1cncn1. The van der Waals surface area contributed by atoms with Crippen molar-refractivity contribution in [3.05, 3.63) is 60.8 Å². The van der Waals surface area contributed by atoms with Crippen molar-refractivity contribution in [3.8, 4) is 17.6 Å². The van der Waals surface area contributed by atoms with Crippen molar-refractivity contribution in [1.29, 1.82) is 5.26 Å². The molecule has 3 rings (SSSR count). The predicted octanol–water partition coefficient (Wildman–Crippen LogP) is 1.94. The van der Waals surface area contributed by atoms with Gasteiger partial charge in [0.1, 0.15) is 24.5 Å². The van der Waals surface area contributed by atoms with E-state index in [-0.39, 0.29) is 5.91 Å². The number of nitrogens with one attached hydrogen (secondary N) is 1. The van der Waals surface area contributed by atoms with Crippen LogP contribution in [-0.2, 0) is 4.79 Å². The molecule has 1 atom stereocenters. The number of pyridine rings is 1. The highest BCUT2D eigenvalue weighted by Gasteiger charge is 2.18. The second-order valence-corrected chi connectivity index (χ2v) is 5.07. The van der Waals surface area contributed by atoms with E-state index in [1.807, 2.05) is 6.07 Å². The quantitative estimate of drug-likeness (QED) is 0.764. The van der Waals surface area contributed by atoms with Crippen molar-refractivity contribution in [3.63, 3.8) is 0 Å². The lowest BCUT2D eigenvalue weighted by molar-refractivity contribution is -0.122. The van der Waals surface area contributed by atoms with Gasteiger partial charge in [0.15, 0.2) is 11.9 Å².